The Morgan fingerprint density at radius 2 is 1.97 bits per heavy atom. The fraction of sp³-hybridized carbons (Fsp3) is 0.217. The number of amides is 6. The van der Waals surface area contributed by atoms with Crippen molar-refractivity contribution in [2.24, 2.45) is 0 Å². The number of nitrogens with zero attached hydrogens (tertiary/aromatic N) is 2. The number of anilines is 2. The summed E-state index contributed by atoms with van der Waals surface area (Å²) in [6, 6.07) is 8.25. The lowest BCUT2D eigenvalue weighted by molar-refractivity contribution is -0.149. The Kier molecular flexibility index (Phi) is 6.78. The summed E-state index contributed by atoms with van der Waals surface area (Å²) in [4.78, 5) is 65.8. The van der Waals surface area contributed by atoms with Crippen molar-refractivity contribution in [1.82, 2.24) is 20.5 Å². The number of benzene rings is 1. The van der Waals surface area contributed by atoms with Gasteiger partial charge >= 0.3 is 6.03 Å². The second kappa shape index (κ2) is 9.94. The maximum Gasteiger partial charge on any atom is 0.319 e. The molecule has 0 spiro atoms. The molecule has 2 unspecified atom stereocenters. The Bertz CT molecular complexity index is 1250. The molecule has 12 heteroatoms. The molecule has 4 rings (SSSR count). The van der Waals surface area contributed by atoms with Crippen LogP contribution in [-0.4, -0.2) is 45.6 Å². The third-order valence-corrected chi connectivity index (χ3v) is 5.70. The van der Waals surface area contributed by atoms with Gasteiger partial charge < -0.3 is 16.0 Å². The minimum Gasteiger partial charge on any atom is -0.351 e. The Hall–Kier alpha value is -4.25. The number of piperidine rings is 1. The van der Waals surface area contributed by atoms with Crippen molar-refractivity contribution in [3.8, 4) is 0 Å². The first kappa shape index (κ1) is 23.9. The van der Waals surface area contributed by atoms with Crippen LogP contribution >= 0.6 is 11.6 Å². The summed E-state index contributed by atoms with van der Waals surface area (Å²) in [5.74, 6) is -2.40. The van der Waals surface area contributed by atoms with Gasteiger partial charge in [0.15, 0.2) is 0 Å². The van der Waals surface area contributed by atoms with Gasteiger partial charge in [0, 0.05) is 18.2 Å². The van der Waals surface area contributed by atoms with Gasteiger partial charge in [0.2, 0.25) is 11.8 Å². The first-order valence-corrected chi connectivity index (χ1v) is 11.1. The van der Waals surface area contributed by atoms with Crippen LogP contribution in [-0.2, 0) is 19.2 Å². The highest BCUT2D eigenvalue weighted by Crippen LogP contribution is 2.24. The monoisotopic (exact) mass is 496 g/mol. The molecule has 0 bridgehead atoms. The van der Waals surface area contributed by atoms with Gasteiger partial charge in [-0.25, -0.2) is 9.78 Å². The minimum atomic E-state index is -1.03. The molecule has 6 amide bonds. The number of imide groups is 2. The standard InChI is InChI=1S/C23H21ClN6O5/c1-12(26-23(35)28-15-5-7-18(24)25-11-15)13-3-2-4-14(9-13)27-16-10-20(32)30(22(16)34)17-6-8-19(31)29-21(17)33/h2-5,7,9-12,17,27H,6,8H2,1H3,(H2,26,28,35)(H,29,31,33). The van der Waals surface area contributed by atoms with Gasteiger partial charge in [-0.2, -0.15) is 0 Å². The van der Waals surface area contributed by atoms with Gasteiger partial charge in [-0.05, 0) is 43.2 Å². The summed E-state index contributed by atoms with van der Waals surface area (Å²) in [6.45, 7) is 1.78. The molecular formula is C23H21ClN6O5. The number of carbonyl (C=O) groups excluding carboxylic acids is 5. The number of hydrogen-bond donors (Lipinski definition) is 4. The summed E-state index contributed by atoms with van der Waals surface area (Å²) in [5, 5.41) is 10.8. The molecule has 1 aromatic carbocycles. The molecule has 2 aliphatic rings. The molecule has 0 aliphatic carbocycles. The fourth-order valence-corrected chi connectivity index (χ4v) is 3.85. The fourth-order valence-electron chi connectivity index (χ4n) is 3.74. The van der Waals surface area contributed by atoms with Gasteiger partial charge in [-0.1, -0.05) is 23.7 Å². The first-order chi connectivity index (χ1) is 16.7. The van der Waals surface area contributed by atoms with Crippen LogP contribution in [0.5, 0.6) is 0 Å². The largest absolute Gasteiger partial charge is 0.351 e. The number of aromatic nitrogens is 1. The van der Waals surface area contributed by atoms with Gasteiger partial charge in [0.1, 0.15) is 16.9 Å². The lowest BCUT2D eigenvalue weighted by Crippen LogP contribution is -2.54. The Morgan fingerprint density at radius 3 is 2.69 bits per heavy atom. The topological polar surface area (TPSA) is 150 Å². The second-order valence-corrected chi connectivity index (χ2v) is 8.37. The molecule has 2 atom stereocenters. The van der Waals surface area contributed by atoms with E-state index in [2.05, 4.69) is 26.3 Å². The number of nitrogens with one attached hydrogen (secondary N) is 4. The average Bonchev–Trinajstić information content (AvgIpc) is 3.08. The van der Waals surface area contributed by atoms with E-state index < -0.39 is 41.7 Å². The van der Waals surface area contributed by atoms with E-state index in [-0.39, 0.29) is 18.5 Å². The normalized spacial score (nSPS) is 18.6. The lowest BCUT2D eigenvalue weighted by Gasteiger charge is -2.28. The number of pyridine rings is 1. The molecule has 0 saturated carbocycles. The molecule has 1 aromatic heterocycles. The van der Waals surface area contributed by atoms with E-state index in [4.69, 9.17) is 11.6 Å². The van der Waals surface area contributed by atoms with E-state index in [1.54, 1.807) is 43.3 Å². The third-order valence-electron chi connectivity index (χ3n) is 5.47. The molecule has 2 aromatic rings. The van der Waals surface area contributed by atoms with Gasteiger partial charge in [0.05, 0.1) is 17.9 Å². The van der Waals surface area contributed by atoms with Crippen LogP contribution in [0.15, 0.2) is 54.4 Å². The predicted octanol–water partition coefficient (Wildman–Crippen LogP) is 2.09. The molecule has 1 saturated heterocycles. The number of halogens is 1. The SMILES string of the molecule is CC(NC(=O)Nc1ccc(Cl)nc1)c1cccc(NC2=CC(=O)N(C3CCC(=O)NC3=O)C2=O)c1. The summed E-state index contributed by atoms with van der Waals surface area (Å²) in [6.07, 6.45) is 2.68. The zero-order valence-corrected chi connectivity index (χ0v) is 19.3. The van der Waals surface area contributed by atoms with Crippen LogP contribution in [0.2, 0.25) is 5.15 Å². The zero-order chi connectivity index (χ0) is 25.1. The molecule has 35 heavy (non-hydrogen) atoms. The van der Waals surface area contributed by atoms with Crippen LogP contribution in [0.25, 0.3) is 0 Å². The van der Waals surface area contributed by atoms with Crippen LogP contribution < -0.4 is 21.3 Å². The van der Waals surface area contributed by atoms with Gasteiger partial charge in [-0.3, -0.25) is 29.4 Å². The van der Waals surface area contributed by atoms with E-state index >= 15 is 0 Å². The maximum absolute atomic E-state index is 12.8. The Balaban J connectivity index is 1.39. The van der Waals surface area contributed by atoms with Crippen molar-refractivity contribution in [2.75, 3.05) is 10.6 Å². The van der Waals surface area contributed by atoms with Crippen molar-refractivity contribution in [1.29, 1.82) is 0 Å². The molecule has 1 fully saturated rings. The van der Waals surface area contributed by atoms with Crippen LogP contribution in [0.3, 0.4) is 0 Å². The molecule has 180 valence electrons. The number of carbonyl (C=O) groups is 5. The molecule has 3 heterocycles. The highest BCUT2D eigenvalue weighted by molar-refractivity contribution is 6.29. The number of hydrogen-bond acceptors (Lipinski definition) is 7. The van der Waals surface area contributed by atoms with E-state index in [1.807, 2.05) is 0 Å². The molecule has 4 N–H and O–H groups in total. The summed E-state index contributed by atoms with van der Waals surface area (Å²) >= 11 is 5.74. The third kappa shape index (κ3) is 5.46. The summed E-state index contributed by atoms with van der Waals surface area (Å²) in [7, 11) is 0. The summed E-state index contributed by atoms with van der Waals surface area (Å²) in [5.41, 5.74) is 1.73. The van der Waals surface area contributed by atoms with Crippen molar-refractivity contribution in [3.05, 3.63) is 65.1 Å². The molecule has 11 nitrogen and oxygen atoms in total. The van der Waals surface area contributed by atoms with Crippen molar-refractivity contribution >= 4 is 52.6 Å². The predicted molar refractivity (Wildman–Crippen MR) is 126 cm³/mol. The number of urea groups is 1. The second-order valence-electron chi connectivity index (χ2n) is 7.98. The Labute approximate surface area is 204 Å². The van der Waals surface area contributed by atoms with Gasteiger partial charge in [0.25, 0.3) is 11.8 Å². The smallest absolute Gasteiger partial charge is 0.319 e. The lowest BCUT2D eigenvalue weighted by atomic mass is 10.0. The minimum absolute atomic E-state index is 0.00504. The molecular weight excluding hydrogens is 476 g/mol. The molecule has 2 aliphatic heterocycles. The quantitative estimate of drug-likeness (QED) is 0.353. The van der Waals surface area contributed by atoms with Crippen molar-refractivity contribution < 1.29 is 24.0 Å². The number of rotatable bonds is 6. The Morgan fingerprint density at radius 1 is 1.17 bits per heavy atom. The molecule has 0 radical (unpaired) electrons. The van der Waals surface area contributed by atoms with Crippen LogP contribution in [0.1, 0.15) is 31.4 Å². The average molecular weight is 497 g/mol. The highest BCUT2D eigenvalue weighted by Gasteiger charge is 2.42. The van der Waals surface area contributed by atoms with E-state index in [0.29, 0.717) is 16.5 Å². The van der Waals surface area contributed by atoms with E-state index in [1.165, 1.54) is 6.20 Å². The van der Waals surface area contributed by atoms with E-state index in [0.717, 1.165) is 16.5 Å². The zero-order valence-electron chi connectivity index (χ0n) is 18.5. The summed E-state index contributed by atoms with van der Waals surface area (Å²) < 4.78 is 0. The van der Waals surface area contributed by atoms with Crippen molar-refractivity contribution in [2.45, 2.75) is 31.8 Å². The highest BCUT2D eigenvalue weighted by atomic mass is 35.5. The van der Waals surface area contributed by atoms with E-state index in [9.17, 15) is 24.0 Å². The maximum atomic E-state index is 12.8. The van der Waals surface area contributed by atoms with Gasteiger partial charge in [-0.15, -0.1) is 0 Å². The first-order valence-electron chi connectivity index (χ1n) is 10.7. The van der Waals surface area contributed by atoms with Crippen molar-refractivity contribution in [3.63, 3.8) is 0 Å². The van der Waals surface area contributed by atoms with Crippen LogP contribution in [0.4, 0.5) is 16.2 Å². The van der Waals surface area contributed by atoms with Crippen LogP contribution in [0, 0.1) is 0 Å².